The highest BCUT2D eigenvalue weighted by Gasteiger charge is 2.43. The van der Waals surface area contributed by atoms with Crippen LogP contribution in [0, 0.1) is 5.92 Å². The standard InChI is InChI=1S/C16H27NO5/c1-10-8-11(13(19)21-15(2,3)4)17(12(18)9-10)14(20)22-16(5,6)7/h10-11H,8-9H2,1-7H3/t10-,11-/m0/s1. The Morgan fingerprint density at radius 3 is 2.00 bits per heavy atom. The molecule has 1 rings (SSSR count). The van der Waals surface area contributed by atoms with Crippen LogP contribution in [0.3, 0.4) is 0 Å². The molecule has 0 aromatic rings. The maximum absolute atomic E-state index is 12.4. The maximum Gasteiger partial charge on any atom is 0.417 e. The third-order valence-corrected chi connectivity index (χ3v) is 3.00. The molecule has 0 aliphatic carbocycles. The van der Waals surface area contributed by atoms with Gasteiger partial charge in [-0.15, -0.1) is 0 Å². The average Bonchev–Trinajstić information content (AvgIpc) is 2.22. The van der Waals surface area contributed by atoms with Crippen molar-refractivity contribution in [1.82, 2.24) is 4.90 Å². The van der Waals surface area contributed by atoms with Crippen LogP contribution in [0.25, 0.3) is 0 Å². The van der Waals surface area contributed by atoms with Crippen molar-refractivity contribution in [3.05, 3.63) is 0 Å². The van der Waals surface area contributed by atoms with Crippen molar-refractivity contribution in [2.45, 2.75) is 78.6 Å². The number of ether oxygens (including phenoxy) is 2. The Labute approximate surface area is 132 Å². The van der Waals surface area contributed by atoms with Crippen molar-refractivity contribution in [2.75, 3.05) is 0 Å². The number of piperidine rings is 1. The fourth-order valence-electron chi connectivity index (χ4n) is 2.25. The SMILES string of the molecule is C[C@@H]1CC(=O)N(C(=O)OC(C)(C)C)[C@H](C(=O)OC(C)(C)C)C1. The first-order valence-corrected chi connectivity index (χ1v) is 7.58. The summed E-state index contributed by atoms with van der Waals surface area (Å²) in [4.78, 5) is 37.8. The molecule has 22 heavy (non-hydrogen) atoms. The summed E-state index contributed by atoms with van der Waals surface area (Å²) in [5.41, 5.74) is -1.42. The van der Waals surface area contributed by atoms with Crippen LogP contribution >= 0.6 is 0 Å². The maximum atomic E-state index is 12.4. The third-order valence-electron chi connectivity index (χ3n) is 3.00. The first kappa shape index (κ1) is 18.5. The molecule has 0 bridgehead atoms. The summed E-state index contributed by atoms with van der Waals surface area (Å²) in [6, 6.07) is -0.926. The van der Waals surface area contributed by atoms with E-state index in [1.54, 1.807) is 41.5 Å². The van der Waals surface area contributed by atoms with Gasteiger partial charge in [0.2, 0.25) is 5.91 Å². The first-order chi connectivity index (χ1) is 9.80. The van der Waals surface area contributed by atoms with E-state index in [2.05, 4.69) is 0 Å². The molecule has 0 radical (unpaired) electrons. The second kappa shape index (κ2) is 6.26. The van der Waals surface area contributed by atoms with E-state index in [1.165, 1.54) is 0 Å². The minimum absolute atomic E-state index is 0.0173. The molecule has 0 unspecified atom stereocenters. The van der Waals surface area contributed by atoms with Crippen LogP contribution in [0.15, 0.2) is 0 Å². The first-order valence-electron chi connectivity index (χ1n) is 7.58. The van der Waals surface area contributed by atoms with Gasteiger partial charge in [0.1, 0.15) is 17.2 Å². The van der Waals surface area contributed by atoms with Gasteiger partial charge in [-0.25, -0.2) is 14.5 Å². The number of nitrogens with zero attached hydrogens (tertiary/aromatic N) is 1. The number of carbonyl (C=O) groups excluding carboxylic acids is 3. The highest BCUT2D eigenvalue weighted by atomic mass is 16.6. The van der Waals surface area contributed by atoms with Crippen molar-refractivity contribution in [1.29, 1.82) is 0 Å². The number of likely N-dealkylation sites (tertiary alicyclic amines) is 1. The predicted octanol–water partition coefficient (Wildman–Crippen LogP) is 2.89. The topological polar surface area (TPSA) is 72.9 Å². The molecule has 6 nitrogen and oxygen atoms in total. The average molecular weight is 313 g/mol. The van der Waals surface area contributed by atoms with E-state index < -0.39 is 35.2 Å². The van der Waals surface area contributed by atoms with Crippen molar-refractivity contribution >= 4 is 18.0 Å². The van der Waals surface area contributed by atoms with Crippen molar-refractivity contribution in [2.24, 2.45) is 5.92 Å². The van der Waals surface area contributed by atoms with E-state index in [9.17, 15) is 14.4 Å². The molecule has 2 amide bonds. The van der Waals surface area contributed by atoms with Crippen molar-refractivity contribution in [3.8, 4) is 0 Å². The predicted molar refractivity (Wildman–Crippen MR) is 81.1 cm³/mol. The highest BCUT2D eigenvalue weighted by Crippen LogP contribution is 2.27. The quantitative estimate of drug-likeness (QED) is 0.696. The van der Waals surface area contributed by atoms with Gasteiger partial charge in [0.05, 0.1) is 0 Å². The van der Waals surface area contributed by atoms with Gasteiger partial charge in [-0.3, -0.25) is 4.79 Å². The molecular formula is C16H27NO5. The lowest BCUT2D eigenvalue weighted by Gasteiger charge is -2.37. The van der Waals surface area contributed by atoms with Crippen LogP contribution in [-0.2, 0) is 19.1 Å². The molecule has 0 saturated carbocycles. The third kappa shape index (κ3) is 5.31. The van der Waals surface area contributed by atoms with Gasteiger partial charge in [-0.05, 0) is 53.9 Å². The lowest BCUT2D eigenvalue weighted by atomic mass is 9.92. The van der Waals surface area contributed by atoms with E-state index in [1.807, 2.05) is 6.92 Å². The number of hydrogen-bond donors (Lipinski definition) is 0. The Morgan fingerprint density at radius 2 is 1.55 bits per heavy atom. The number of hydrogen-bond acceptors (Lipinski definition) is 5. The minimum atomic E-state index is -0.926. The van der Waals surface area contributed by atoms with Crippen LogP contribution in [0.4, 0.5) is 4.79 Å². The monoisotopic (exact) mass is 313 g/mol. The van der Waals surface area contributed by atoms with Gasteiger partial charge >= 0.3 is 12.1 Å². The highest BCUT2D eigenvalue weighted by molar-refractivity contribution is 5.98. The normalized spacial score (nSPS) is 23.2. The smallest absolute Gasteiger partial charge is 0.417 e. The van der Waals surface area contributed by atoms with Crippen LogP contribution in [0.2, 0.25) is 0 Å². The summed E-state index contributed by atoms with van der Waals surface area (Å²) < 4.78 is 10.6. The Balaban J connectivity index is 3.00. The van der Waals surface area contributed by atoms with Crippen LogP contribution in [0.5, 0.6) is 0 Å². The summed E-state index contributed by atoms with van der Waals surface area (Å²) in [5, 5.41) is 0. The zero-order chi connectivity index (χ0) is 17.3. The lowest BCUT2D eigenvalue weighted by Crippen LogP contribution is -2.55. The molecule has 0 N–H and O–H groups in total. The van der Waals surface area contributed by atoms with E-state index in [0.717, 1.165) is 4.90 Å². The Kier molecular flexibility index (Phi) is 5.25. The summed E-state index contributed by atoms with van der Waals surface area (Å²) >= 11 is 0. The van der Waals surface area contributed by atoms with Crippen LogP contribution in [-0.4, -0.2) is 40.1 Å². The molecule has 0 spiro atoms. The van der Waals surface area contributed by atoms with E-state index in [4.69, 9.17) is 9.47 Å². The molecule has 1 aliphatic heterocycles. The van der Waals surface area contributed by atoms with Gasteiger partial charge < -0.3 is 9.47 Å². The molecule has 1 fully saturated rings. The van der Waals surface area contributed by atoms with Gasteiger partial charge in [-0.1, -0.05) is 6.92 Å². The molecule has 1 heterocycles. The summed E-state index contributed by atoms with van der Waals surface area (Å²) in [7, 11) is 0. The molecule has 1 saturated heterocycles. The summed E-state index contributed by atoms with van der Waals surface area (Å²) in [6.45, 7) is 12.3. The molecule has 2 atom stereocenters. The Bertz CT molecular complexity index is 458. The number of rotatable bonds is 1. The zero-order valence-electron chi connectivity index (χ0n) is 14.6. The summed E-state index contributed by atoms with van der Waals surface area (Å²) in [5.74, 6) is -0.953. The fourth-order valence-corrected chi connectivity index (χ4v) is 2.25. The van der Waals surface area contributed by atoms with Crippen LogP contribution in [0.1, 0.15) is 61.3 Å². The molecule has 0 aromatic heterocycles. The number of amides is 2. The molecular weight excluding hydrogens is 286 g/mol. The number of imide groups is 1. The molecule has 1 aliphatic rings. The van der Waals surface area contributed by atoms with Gasteiger partial charge in [-0.2, -0.15) is 0 Å². The van der Waals surface area contributed by atoms with Gasteiger partial charge in [0.15, 0.2) is 0 Å². The van der Waals surface area contributed by atoms with E-state index in [-0.39, 0.29) is 12.3 Å². The second-order valence-electron chi connectivity index (χ2n) is 7.84. The lowest BCUT2D eigenvalue weighted by molar-refractivity contribution is -0.167. The van der Waals surface area contributed by atoms with E-state index >= 15 is 0 Å². The van der Waals surface area contributed by atoms with Gasteiger partial charge in [0, 0.05) is 6.42 Å². The fraction of sp³-hybridized carbons (Fsp3) is 0.812. The number of carbonyl (C=O) groups is 3. The van der Waals surface area contributed by atoms with E-state index in [0.29, 0.717) is 6.42 Å². The van der Waals surface area contributed by atoms with Crippen LogP contribution < -0.4 is 0 Å². The van der Waals surface area contributed by atoms with Gasteiger partial charge in [0.25, 0.3) is 0 Å². The summed E-state index contributed by atoms with van der Waals surface area (Å²) in [6.07, 6.45) is -0.182. The number of esters is 1. The van der Waals surface area contributed by atoms with Crippen molar-refractivity contribution in [3.63, 3.8) is 0 Å². The molecule has 0 aromatic carbocycles. The Morgan fingerprint density at radius 1 is 1.05 bits per heavy atom. The molecule has 6 heteroatoms. The minimum Gasteiger partial charge on any atom is -0.458 e. The zero-order valence-corrected chi connectivity index (χ0v) is 14.6. The van der Waals surface area contributed by atoms with Crippen molar-refractivity contribution < 1.29 is 23.9 Å². The Hall–Kier alpha value is -1.59. The molecule has 126 valence electrons. The second-order valence-corrected chi connectivity index (χ2v) is 7.84. The largest absolute Gasteiger partial charge is 0.458 e.